The van der Waals surface area contributed by atoms with E-state index in [4.69, 9.17) is 9.47 Å². The van der Waals surface area contributed by atoms with Gasteiger partial charge in [0.25, 0.3) is 5.56 Å². The van der Waals surface area contributed by atoms with E-state index < -0.39 is 0 Å². The van der Waals surface area contributed by atoms with Crippen LogP contribution in [0.5, 0.6) is 11.5 Å². The van der Waals surface area contributed by atoms with Crippen LogP contribution in [0.15, 0.2) is 58.4 Å². The number of methoxy groups -OCH3 is 1. The number of hydrogen-bond donors (Lipinski definition) is 2. The molecule has 0 atom stereocenters. The van der Waals surface area contributed by atoms with Gasteiger partial charge in [-0.3, -0.25) is 9.78 Å². The van der Waals surface area contributed by atoms with E-state index in [2.05, 4.69) is 20.5 Å². The molecule has 7 heteroatoms. The Morgan fingerprint density at radius 2 is 2.00 bits per heavy atom. The number of benzene rings is 2. The first-order chi connectivity index (χ1) is 14.6. The third-order valence-electron chi connectivity index (χ3n) is 4.41. The number of hydrazone groups is 1. The molecule has 0 aliphatic carbocycles. The van der Waals surface area contributed by atoms with Gasteiger partial charge in [0.2, 0.25) is 5.95 Å². The monoisotopic (exact) mass is 406 g/mol. The Morgan fingerprint density at radius 1 is 1.20 bits per heavy atom. The van der Waals surface area contributed by atoms with Gasteiger partial charge in [-0.1, -0.05) is 49.2 Å². The number of para-hydroxylation sites is 1. The maximum atomic E-state index is 11.8. The standard InChI is InChI=1S/C23H26N4O3/c1-4-6-19-13-21(28)26-23(25-19)27-24-14-18-7-5-8-20(29-3)22(18)30-15-17-11-9-16(2)10-12-17/h5,7-14H,4,6,15H2,1-3H3,(H2,25,26,27,28)/b24-14+. The van der Waals surface area contributed by atoms with Gasteiger partial charge in [-0.05, 0) is 31.0 Å². The molecular formula is C23H26N4O3. The third-order valence-corrected chi connectivity index (χ3v) is 4.41. The lowest BCUT2D eigenvalue weighted by atomic mass is 10.1. The number of aromatic amines is 1. The van der Waals surface area contributed by atoms with Crippen molar-refractivity contribution in [2.24, 2.45) is 5.10 Å². The van der Waals surface area contributed by atoms with Gasteiger partial charge in [-0.15, -0.1) is 0 Å². The van der Waals surface area contributed by atoms with Crippen LogP contribution in [0.2, 0.25) is 0 Å². The van der Waals surface area contributed by atoms with Crippen LogP contribution >= 0.6 is 0 Å². The van der Waals surface area contributed by atoms with E-state index in [1.807, 2.05) is 56.3 Å². The molecule has 0 spiro atoms. The van der Waals surface area contributed by atoms with Crippen LogP contribution in [0, 0.1) is 6.92 Å². The van der Waals surface area contributed by atoms with Gasteiger partial charge < -0.3 is 9.47 Å². The Balaban J connectivity index is 1.76. The smallest absolute Gasteiger partial charge is 0.252 e. The van der Waals surface area contributed by atoms with E-state index in [0.717, 1.165) is 29.7 Å². The highest BCUT2D eigenvalue weighted by molar-refractivity contribution is 5.85. The average molecular weight is 406 g/mol. The van der Waals surface area contributed by atoms with Gasteiger partial charge in [0.1, 0.15) is 6.61 Å². The summed E-state index contributed by atoms with van der Waals surface area (Å²) in [7, 11) is 1.60. The summed E-state index contributed by atoms with van der Waals surface area (Å²) < 4.78 is 11.5. The van der Waals surface area contributed by atoms with E-state index in [0.29, 0.717) is 24.1 Å². The van der Waals surface area contributed by atoms with E-state index in [1.165, 1.54) is 11.6 Å². The average Bonchev–Trinajstić information content (AvgIpc) is 2.73. The first-order valence-corrected chi connectivity index (χ1v) is 9.83. The van der Waals surface area contributed by atoms with Crippen molar-refractivity contribution in [3.05, 3.63) is 81.3 Å². The SMILES string of the molecule is CCCc1cc(=O)[nH]c(N/N=C/c2cccc(OC)c2OCc2ccc(C)cc2)n1. The second-order valence-corrected chi connectivity index (χ2v) is 6.86. The van der Waals surface area contributed by atoms with E-state index in [9.17, 15) is 4.79 Å². The van der Waals surface area contributed by atoms with Crippen LogP contribution in [0.4, 0.5) is 5.95 Å². The molecule has 0 saturated heterocycles. The van der Waals surface area contributed by atoms with Gasteiger partial charge >= 0.3 is 0 Å². The van der Waals surface area contributed by atoms with Crippen molar-refractivity contribution in [1.29, 1.82) is 0 Å². The Hall–Kier alpha value is -3.61. The minimum atomic E-state index is -0.213. The lowest BCUT2D eigenvalue weighted by Gasteiger charge is -2.13. The number of anilines is 1. The number of ether oxygens (including phenoxy) is 2. The largest absolute Gasteiger partial charge is 0.493 e. The number of hydrogen-bond acceptors (Lipinski definition) is 6. The number of H-pyrrole nitrogens is 1. The van der Waals surface area contributed by atoms with Gasteiger partial charge in [-0.2, -0.15) is 5.10 Å². The van der Waals surface area contributed by atoms with Crippen molar-refractivity contribution in [3.63, 3.8) is 0 Å². The number of nitrogens with one attached hydrogen (secondary N) is 2. The van der Waals surface area contributed by atoms with Crippen molar-refractivity contribution in [3.8, 4) is 11.5 Å². The third kappa shape index (κ3) is 5.70. The highest BCUT2D eigenvalue weighted by atomic mass is 16.5. The number of nitrogens with zero attached hydrogens (tertiary/aromatic N) is 2. The zero-order valence-electron chi connectivity index (χ0n) is 17.4. The van der Waals surface area contributed by atoms with Crippen molar-refractivity contribution < 1.29 is 9.47 Å². The normalized spacial score (nSPS) is 10.9. The fraction of sp³-hybridized carbons (Fsp3) is 0.261. The molecule has 30 heavy (non-hydrogen) atoms. The van der Waals surface area contributed by atoms with Crippen LogP contribution in [0.25, 0.3) is 0 Å². The maximum Gasteiger partial charge on any atom is 0.252 e. The molecule has 0 fully saturated rings. The van der Waals surface area contributed by atoms with Gasteiger partial charge in [-0.25, -0.2) is 10.4 Å². The summed E-state index contributed by atoms with van der Waals surface area (Å²) >= 11 is 0. The maximum absolute atomic E-state index is 11.8. The summed E-state index contributed by atoms with van der Waals surface area (Å²) in [5, 5.41) is 4.21. The molecule has 3 rings (SSSR count). The molecule has 1 aromatic heterocycles. The van der Waals surface area contributed by atoms with Crippen molar-refractivity contribution in [1.82, 2.24) is 9.97 Å². The molecule has 0 amide bonds. The molecule has 2 N–H and O–H groups in total. The lowest BCUT2D eigenvalue weighted by molar-refractivity contribution is 0.284. The van der Waals surface area contributed by atoms with Crippen molar-refractivity contribution in [2.45, 2.75) is 33.3 Å². The van der Waals surface area contributed by atoms with Gasteiger partial charge in [0, 0.05) is 17.3 Å². The van der Waals surface area contributed by atoms with Crippen LogP contribution in [-0.2, 0) is 13.0 Å². The fourth-order valence-corrected chi connectivity index (χ4v) is 2.90. The Kier molecular flexibility index (Phi) is 7.21. The highest BCUT2D eigenvalue weighted by Gasteiger charge is 2.10. The zero-order valence-corrected chi connectivity index (χ0v) is 17.4. The lowest BCUT2D eigenvalue weighted by Crippen LogP contribution is -2.12. The molecule has 2 aromatic carbocycles. The summed E-state index contributed by atoms with van der Waals surface area (Å²) in [5.41, 5.74) is 6.29. The molecule has 0 saturated carbocycles. The Bertz CT molecular complexity index is 1060. The van der Waals surface area contributed by atoms with E-state index >= 15 is 0 Å². The molecule has 0 aliphatic heterocycles. The van der Waals surface area contributed by atoms with Crippen LogP contribution in [0.3, 0.4) is 0 Å². The molecule has 1 heterocycles. The predicted molar refractivity (Wildman–Crippen MR) is 119 cm³/mol. The first kappa shape index (κ1) is 21.1. The summed E-state index contributed by atoms with van der Waals surface area (Å²) in [6.07, 6.45) is 3.25. The summed E-state index contributed by atoms with van der Waals surface area (Å²) in [6, 6.07) is 15.2. The quantitative estimate of drug-likeness (QED) is 0.413. The van der Waals surface area contributed by atoms with Crippen molar-refractivity contribution in [2.75, 3.05) is 12.5 Å². The van der Waals surface area contributed by atoms with Crippen LogP contribution in [0.1, 0.15) is 35.7 Å². The Morgan fingerprint density at radius 3 is 2.73 bits per heavy atom. The molecule has 3 aromatic rings. The molecule has 0 aliphatic rings. The molecule has 156 valence electrons. The molecular weight excluding hydrogens is 380 g/mol. The van der Waals surface area contributed by atoms with Crippen LogP contribution < -0.4 is 20.5 Å². The van der Waals surface area contributed by atoms with E-state index in [-0.39, 0.29) is 5.56 Å². The number of aromatic nitrogens is 2. The van der Waals surface area contributed by atoms with Crippen LogP contribution in [-0.4, -0.2) is 23.3 Å². The fourth-order valence-electron chi connectivity index (χ4n) is 2.90. The second-order valence-electron chi connectivity index (χ2n) is 6.86. The summed E-state index contributed by atoms with van der Waals surface area (Å²) in [5.74, 6) is 1.50. The second kappa shape index (κ2) is 10.2. The highest BCUT2D eigenvalue weighted by Crippen LogP contribution is 2.30. The predicted octanol–water partition coefficient (Wildman–Crippen LogP) is 4.06. The Labute approximate surface area is 175 Å². The van der Waals surface area contributed by atoms with Gasteiger partial charge in [0.05, 0.1) is 13.3 Å². The number of rotatable bonds is 9. The minimum absolute atomic E-state index is 0.213. The van der Waals surface area contributed by atoms with E-state index in [1.54, 1.807) is 13.3 Å². The summed E-state index contributed by atoms with van der Waals surface area (Å²) in [4.78, 5) is 18.8. The zero-order chi connectivity index (χ0) is 21.3. The molecule has 0 unspecified atom stereocenters. The molecule has 0 bridgehead atoms. The minimum Gasteiger partial charge on any atom is -0.493 e. The summed E-state index contributed by atoms with van der Waals surface area (Å²) in [6.45, 7) is 4.49. The first-order valence-electron chi connectivity index (χ1n) is 9.83. The van der Waals surface area contributed by atoms with Gasteiger partial charge in [0.15, 0.2) is 11.5 Å². The molecule has 0 radical (unpaired) electrons. The number of aryl methyl sites for hydroxylation is 2. The van der Waals surface area contributed by atoms with Crippen molar-refractivity contribution >= 4 is 12.2 Å². The molecule has 7 nitrogen and oxygen atoms in total. The topological polar surface area (TPSA) is 88.6 Å².